The van der Waals surface area contributed by atoms with Gasteiger partial charge in [0.1, 0.15) is 5.82 Å². The second-order valence-corrected chi connectivity index (χ2v) is 5.92. The number of halogens is 2. The molecule has 1 aliphatic rings. The zero-order valence-corrected chi connectivity index (χ0v) is 12.0. The molecule has 0 bridgehead atoms. The highest BCUT2D eigenvalue weighted by atomic mass is 79.9. The first-order valence-electron chi connectivity index (χ1n) is 6.31. The van der Waals surface area contributed by atoms with Gasteiger partial charge in [-0.05, 0) is 36.5 Å². The standard InChI is InChI=1S/C14H17BrFNO/c1-9-3-2-4-10(9)8-17-14(18)12-6-5-11(15)7-13(12)16/h5-7,9-10H,2-4,8H2,1H3,(H,17,18). The number of benzene rings is 1. The monoisotopic (exact) mass is 313 g/mol. The Balaban J connectivity index is 1.95. The second kappa shape index (κ2) is 5.83. The third-order valence-electron chi connectivity index (χ3n) is 3.74. The number of rotatable bonds is 3. The summed E-state index contributed by atoms with van der Waals surface area (Å²) in [6.07, 6.45) is 3.62. The molecule has 0 spiro atoms. The van der Waals surface area contributed by atoms with E-state index < -0.39 is 5.82 Å². The number of hydrogen-bond acceptors (Lipinski definition) is 1. The predicted molar refractivity (Wildman–Crippen MR) is 72.9 cm³/mol. The van der Waals surface area contributed by atoms with Gasteiger partial charge in [-0.25, -0.2) is 4.39 Å². The van der Waals surface area contributed by atoms with Gasteiger partial charge in [-0.3, -0.25) is 4.79 Å². The minimum absolute atomic E-state index is 0.115. The van der Waals surface area contributed by atoms with Gasteiger partial charge in [-0.2, -0.15) is 0 Å². The molecular formula is C14H17BrFNO. The molecule has 2 atom stereocenters. The first kappa shape index (κ1) is 13.5. The average Bonchev–Trinajstić information content (AvgIpc) is 2.72. The Morgan fingerprint density at radius 1 is 1.50 bits per heavy atom. The van der Waals surface area contributed by atoms with Gasteiger partial charge < -0.3 is 5.32 Å². The summed E-state index contributed by atoms with van der Waals surface area (Å²) in [5.41, 5.74) is 0.115. The Labute approximate surface area is 115 Å². The van der Waals surface area contributed by atoms with Crippen LogP contribution in [-0.4, -0.2) is 12.5 Å². The summed E-state index contributed by atoms with van der Waals surface area (Å²) in [5, 5.41) is 2.84. The van der Waals surface area contributed by atoms with E-state index in [0.29, 0.717) is 22.9 Å². The molecule has 0 aliphatic heterocycles. The van der Waals surface area contributed by atoms with Crippen LogP contribution in [0.3, 0.4) is 0 Å². The van der Waals surface area contributed by atoms with Gasteiger partial charge in [0.25, 0.3) is 5.91 Å². The van der Waals surface area contributed by atoms with E-state index in [1.54, 1.807) is 6.07 Å². The number of carbonyl (C=O) groups excluding carboxylic acids is 1. The topological polar surface area (TPSA) is 29.1 Å². The number of amides is 1. The molecule has 1 amide bonds. The van der Waals surface area contributed by atoms with Crippen LogP contribution in [0.15, 0.2) is 22.7 Å². The van der Waals surface area contributed by atoms with E-state index in [1.165, 1.54) is 25.0 Å². The van der Waals surface area contributed by atoms with Gasteiger partial charge in [0.05, 0.1) is 5.56 Å². The lowest BCUT2D eigenvalue weighted by atomic mass is 9.98. The summed E-state index contributed by atoms with van der Waals surface area (Å²) < 4.78 is 14.2. The van der Waals surface area contributed by atoms with Crippen molar-refractivity contribution >= 4 is 21.8 Å². The van der Waals surface area contributed by atoms with E-state index in [1.807, 2.05) is 0 Å². The van der Waals surface area contributed by atoms with E-state index in [4.69, 9.17) is 0 Å². The fraction of sp³-hybridized carbons (Fsp3) is 0.500. The molecule has 2 rings (SSSR count). The molecule has 2 unspecified atom stereocenters. The number of hydrogen-bond donors (Lipinski definition) is 1. The molecule has 0 heterocycles. The van der Waals surface area contributed by atoms with Crippen LogP contribution in [-0.2, 0) is 0 Å². The maximum atomic E-state index is 13.6. The molecule has 1 aromatic carbocycles. The van der Waals surface area contributed by atoms with E-state index in [2.05, 4.69) is 28.2 Å². The lowest BCUT2D eigenvalue weighted by Crippen LogP contribution is -2.30. The molecule has 0 radical (unpaired) electrons. The molecule has 0 saturated heterocycles. The Morgan fingerprint density at radius 2 is 2.28 bits per heavy atom. The zero-order valence-electron chi connectivity index (χ0n) is 10.4. The highest BCUT2D eigenvalue weighted by molar-refractivity contribution is 9.10. The van der Waals surface area contributed by atoms with Crippen LogP contribution >= 0.6 is 15.9 Å². The Hall–Kier alpha value is -0.900. The third-order valence-corrected chi connectivity index (χ3v) is 4.23. The molecule has 18 heavy (non-hydrogen) atoms. The van der Waals surface area contributed by atoms with Crippen molar-refractivity contribution in [3.05, 3.63) is 34.1 Å². The van der Waals surface area contributed by atoms with Gasteiger partial charge in [0.2, 0.25) is 0 Å². The third kappa shape index (κ3) is 3.10. The van der Waals surface area contributed by atoms with Crippen molar-refractivity contribution in [1.82, 2.24) is 5.32 Å². The van der Waals surface area contributed by atoms with Gasteiger partial charge in [0, 0.05) is 11.0 Å². The van der Waals surface area contributed by atoms with Crippen LogP contribution in [0.2, 0.25) is 0 Å². The largest absolute Gasteiger partial charge is 0.352 e. The van der Waals surface area contributed by atoms with Crippen LogP contribution in [0.4, 0.5) is 4.39 Å². The number of carbonyl (C=O) groups is 1. The van der Waals surface area contributed by atoms with Crippen molar-refractivity contribution in [2.45, 2.75) is 26.2 Å². The first-order valence-corrected chi connectivity index (χ1v) is 7.10. The zero-order chi connectivity index (χ0) is 13.1. The molecule has 1 aliphatic carbocycles. The minimum atomic E-state index is -0.485. The van der Waals surface area contributed by atoms with Crippen molar-refractivity contribution in [3.8, 4) is 0 Å². The van der Waals surface area contributed by atoms with Crippen molar-refractivity contribution in [1.29, 1.82) is 0 Å². The van der Waals surface area contributed by atoms with E-state index >= 15 is 0 Å². The number of nitrogens with one attached hydrogen (secondary N) is 1. The maximum Gasteiger partial charge on any atom is 0.254 e. The van der Waals surface area contributed by atoms with Gasteiger partial charge in [-0.15, -0.1) is 0 Å². The summed E-state index contributed by atoms with van der Waals surface area (Å²) in [4.78, 5) is 11.9. The molecule has 1 saturated carbocycles. The fourth-order valence-electron chi connectivity index (χ4n) is 2.52. The molecule has 98 valence electrons. The Morgan fingerprint density at radius 3 is 2.89 bits per heavy atom. The van der Waals surface area contributed by atoms with Gasteiger partial charge in [-0.1, -0.05) is 35.7 Å². The van der Waals surface area contributed by atoms with Crippen molar-refractivity contribution < 1.29 is 9.18 Å². The van der Waals surface area contributed by atoms with Crippen molar-refractivity contribution in [3.63, 3.8) is 0 Å². The Kier molecular flexibility index (Phi) is 4.38. The van der Waals surface area contributed by atoms with E-state index in [9.17, 15) is 9.18 Å². The summed E-state index contributed by atoms with van der Waals surface area (Å²) in [7, 11) is 0. The SMILES string of the molecule is CC1CCCC1CNC(=O)c1ccc(Br)cc1F. The predicted octanol–water partition coefficient (Wildman–Crippen LogP) is 3.75. The van der Waals surface area contributed by atoms with E-state index in [0.717, 1.165) is 6.42 Å². The second-order valence-electron chi connectivity index (χ2n) is 5.00. The normalized spacial score (nSPS) is 23.1. The van der Waals surface area contributed by atoms with Crippen LogP contribution in [0.1, 0.15) is 36.5 Å². The molecular weight excluding hydrogens is 297 g/mol. The summed E-state index contributed by atoms with van der Waals surface area (Å²) in [5.74, 6) is 0.382. The van der Waals surface area contributed by atoms with Crippen molar-refractivity contribution in [2.75, 3.05) is 6.54 Å². The van der Waals surface area contributed by atoms with Gasteiger partial charge in [0.15, 0.2) is 0 Å². The van der Waals surface area contributed by atoms with Gasteiger partial charge >= 0.3 is 0 Å². The first-order chi connectivity index (χ1) is 8.58. The quantitative estimate of drug-likeness (QED) is 0.904. The Bertz CT molecular complexity index is 449. The van der Waals surface area contributed by atoms with Crippen LogP contribution in [0.25, 0.3) is 0 Å². The summed E-state index contributed by atoms with van der Waals surface area (Å²) in [6.45, 7) is 2.86. The molecule has 0 aromatic heterocycles. The van der Waals surface area contributed by atoms with Crippen LogP contribution in [0, 0.1) is 17.7 Å². The highest BCUT2D eigenvalue weighted by Gasteiger charge is 2.24. The summed E-state index contributed by atoms with van der Waals surface area (Å²) in [6, 6.07) is 4.50. The molecule has 2 nitrogen and oxygen atoms in total. The fourth-order valence-corrected chi connectivity index (χ4v) is 2.85. The molecule has 1 N–H and O–H groups in total. The van der Waals surface area contributed by atoms with Crippen molar-refractivity contribution in [2.24, 2.45) is 11.8 Å². The molecule has 1 fully saturated rings. The molecule has 4 heteroatoms. The van der Waals surface area contributed by atoms with E-state index in [-0.39, 0.29) is 11.5 Å². The average molecular weight is 314 g/mol. The molecule has 1 aromatic rings. The lowest BCUT2D eigenvalue weighted by Gasteiger charge is -2.16. The van der Waals surface area contributed by atoms with Crippen LogP contribution < -0.4 is 5.32 Å². The minimum Gasteiger partial charge on any atom is -0.352 e. The van der Waals surface area contributed by atoms with Crippen LogP contribution in [0.5, 0.6) is 0 Å². The lowest BCUT2D eigenvalue weighted by molar-refractivity contribution is 0.0940. The highest BCUT2D eigenvalue weighted by Crippen LogP contribution is 2.30. The smallest absolute Gasteiger partial charge is 0.254 e. The maximum absolute atomic E-state index is 13.6. The summed E-state index contributed by atoms with van der Waals surface area (Å²) >= 11 is 3.17.